The second kappa shape index (κ2) is 9.32. The van der Waals surface area contributed by atoms with Crippen molar-refractivity contribution in [1.29, 1.82) is 0 Å². The number of amides is 1. The molecule has 1 aromatic heterocycles. The van der Waals surface area contributed by atoms with Crippen molar-refractivity contribution in [3.63, 3.8) is 0 Å². The Morgan fingerprint density at radius 1 is 1.00 bits per heavy atom. The Morgan fingerprint density at radius 2 is 1.81 bits per heavy atom. The molecule has 1 saturated carbocycles. The van der Waals surface area contributed by atoms with E-state index in [0.717, 1.165) is 43.5 Å². The standard InChI is InChI=1S/C24H25F2N5O/c25-17-11-8-14(12-18(17)26)20-6-3-7-23(30-20)31-22-13-15(9-10-16(22)24(28)32)29-21-5-2-1-4-19(21)27/h3,6-13,19,21,29H,1-2,4-5,27H2,(H2,28,32)(H,30,31)/t19-,21+/m1/s1. The van der Waals surface area contributed by atoms with E-state index >= 15 is 0 Å². The number of anilines is 3. The molecule has 1 aliphatic carbocycles. The summed E-state index contributed by atoms with van der Waals surface area (Å²) in [4.78, 5) is 16.4. The minimum absolute atomic E-state index is 0.0745. The number of hydrogen-bond acceptors (Lipinski definition) is 5. The van der Waals surface area contributed by atoms with E-state index in [2.05, 4.69) is 15.6 Å². The van der Waals surface area contributed by atoms with E-state index in [1.54, 1.807) is 36.4 Å². The second-order valence-electron chi connectivity index (χ2n) is 7.99. The highest BCUT2D eigenvalue weighted by molar-refractivity contribution is 5.99. The molecule has 0 spiro atoms. The van der Waals surface area contributed by atoms with Crippen molar-refractivity contribution in [2.24, 2.45) is 11.5 Å². The normalized spacial score (nSPS) is 18.2. The molecule has 0 aliphatic heterocycles. The number of pyridine rings is 1. The monoisotopic (exact) mass is 437 g/mol. The van der Waals surface area contributed by atoms with Crippen molar-refractivity contribution in [3.8, 4) is 11.3 Å². The van der Waals surface area contributed by atoms with Gasteiger partial charge >= 0.3 is 0 Å². The highest BCUT2D eigenvalue weighted by atomic mass is 19.2. The van der Waals surface area contributed by atoms with Crippen LogP contribution in [0.5, 0.6) is 0 Å². The van der Waals surface area contributed by atoms with E-state index in [1.165, 1.54) is 6.07 Å². The molecule has 2 aromatic carbocycles. The van der Waals surface area contributed by atoms with Crippen LogP contribution in [0.25, 0.3) is 11.3 Å². The predicted molar refractivity (Wildman–Crippen MR) is 122 cm³/mol. The maximum absolute atomic E-state index is 13.6. The SMILES string of the molecule is NC(=O)c1ccc(N[C@H]2CCCC[C@H]2N)cc1Nc1cccc(-c2ccc(F)c(F)c2)n1. The first-order chi connectivity index (χ1) is 15.4. The molecule has 8 heteroatoms. The van der Waals surface area contributed by atoms with E-state index < -0.39 is 17.5 Å². The Labute approximate surface area is 185 Å². The van der Waals surface area contributed by atoms with E-state index in [4.69, 9.17) is 11.5 Å². The van der Waals surface area contributed by atoms with Gasteiger partial charge in [-0.1, -0.05) is 18.9 Å². The van der Waals surface area contributed by atoms with Gasteiger partial charge in [-0.3, -0.25) is 4.79 Å². The largest absolute Gasteiger partial charge is 0.381 e. The molecule has 6 nitrogen and oxygen atoms in total. The molecule has 2 atom stereocenters. The predicted octanol–water partition coefficient (Wildman–Crippen LogP) is 4.55. The Kier molecular flexibility index (Phi) is 6.32. The van der Waals surface area contributed by atoms with Gasteiger partial charge in [-0.05, 0) is 61.4 Å². The Bertz CT molecular complexity index is 1140. The lowest BCUT2D eigenvalue weighted by molar-refractivity contribution is 0.100. The first-order valence-corrected chi connectivity index (χ1v) is 10.6. The zero-order valence-electron chi connectivity index (χ0n) is 17.4. The quantitative estimate of drug-likeness (QED) is 0.453. The summed E-state index contributed by atoms with van der Waals surface area (Å²) in [5, 5.41) is 6.58. The second-order valence-corrected chi connectivity index (χ2v) is 7.99. The smallest absolute Gasteiger partial charge is 0.250 e. The molecule has 166 valence electrons. The summed E-state index contributed by atoms with van der Waals surface area (Å²) in [7, 11) is 0. The molecular formula is C24H25F2N5O. The van der Waals surface area contributed by atoms with Gasteiger partial charge in [-0.15, -0.1) is 0 Å². The molecule has 0 bridgehead atoms. The van der Waals surface area contributed by atoms with Gasteiger partial charge in [0.2, 0.25) is 0 Å². The number of primary amides is 1. The molecule has 4 rings (SSSR count). The molecule has 1 aliphatic rings. The fraction of sp³-hybridized carbons (Fsp3) is 0.250. The number of nitrogens with zero attached hydrogens (tertiary/aromatic N) is 1. The van der Waals surface area contributed by atoms with Crippen molar-refractivity contribution in [2.45, 2.75) is 37.8 Å². The van der Waals surface area contributed by atoms with Crippen LogP contribution in [0.15, 0.2) is 54.6 Å². The third-order valence-corrected chi connectivity index (χ3v) is 5.68. The molecule has 3 aromatic rings. The summed E-state index contributed by atoms with van der Waals surface area (Å²) >= 11 is 0. The molecule has 1 amide bonds. The number of halogens is 2. The maximum atomic E-state index is 13.6. The fourth-order valence-corrected chi connectivity index (χ4v) is 3.96. The summed E-state index contributed by atoms with van der Waals surface area (Å²) in [6, 6.07) is 14.2. The molecule has 1 heterocycles. The number of hydrogen-bond donors (Lipinski definition) is 4. The van der Waals surface area contributed by atoms with Crippen LogP contribution in [0.3, 0.4) is 0 Å². The van der Waals surface area contributed by atoms with Crippen LogP contribution < -0.4 is 22.1 Å². The van der Waals surface area contributed by atoms with Crippen molar-refractivity contribution in [2.75, 3.05) is 10.6 Å². The molecule has 6 N–H and O–H groups in total. The van der Waals surface area contributed by atoms with Crippen molar-refractivity contribution >= 4 is 23.1 Å². The number of rotatable bonds is 6. The fourth-order valence-electron chi connectivity index (χ4n) is 3.96. The van der Waals surface area contributed by atoms with E-state index in [-0.39, 0.29) is 12.1 Å². The first-order valence-electron chi connectivity index (χ1n) is 10.6. The summed E-state index contributed by atoms with van der Waals surface area (Å²) in [6.07, 6.45) is 4.21. The molecule has 32 heavy (non-hydrogen) atoms. The first kappa shape index (κ1) is 21.7. The number of carbonyl (C=O) groups is 1. The van der Waals surface area contributed by atoms with E-state index in [0.29, 0.717) is 28.3 Å². The van der Waals surface area contributed by atoms with Crippen LogP contribution in [-0.4, -0.2) is 23.0 Å². The van der Waals surface area contributed by atoms with Crippen molar-refractivity contribution in [3.05, 3.63) is 71.8 Å². The number of carbonyl (C=O) groups excluding carboxylic acids is 1. The van der Waals surface area contributed by atoms with Crippen LogP contribution in [0, 0.1) is 11.6 Å². The Morgan fingerprint density at radius 3 is 2.56 bits per heavy atom. The average molecular weight is 437 g/mol. The van der Waals surface area contributed by atoms with Gasteiger partial charge in [0.25, 0.3) is 5.91 Å². The lowest BCUT2D eigenvalue weighted by atomic mass is 9.91. The zero-order chi connectivity index (χ0) is 22.7. The molecule has 0 radical (unpaired) electrons. The van der Waals surface area contributed by atoms with Gasteiger partial charge in [0.05, 0.1) is 16.9 Å². The van der Waals surface area contributed by atoms with Gasteiger partial charge in [-0.2, -0.15) is 0 Å². The van der Waals surface area contributed by atoms with Gasteiger partial charge in [0.1, 0.15) is 5.82 Å². The molecular weight excluding hydrogens is 412 g/mol. The van der Waals surface area contributed by atoms with Crippen LogP contribution >= 0.6 is 0 Å². The van der Waals surface area contributed by atoms with Crippen molar-refractivity contribution in [1.82, 2.24) is 4.98 Å². The summed E-state index contributed by atoms with van der Waals surface area (Å²) in [6.45, 7) is 0. The minimum Gasteiger partial charge on any atom is -0.381 e. The van der Waals surface area contributed by atoms with E-state index in [1.807, 2.05) is 0 Å². The van der Waals surface area contributed by atoms with Crippen LogP contribution in [0.1, 0.15) is 36.0 Å². The number of nitrogens with two attached hydrogens (primary N) is 2. The van der Waals surface area contributed by atoms with Crippen LogP contribution in [-0.2, 0) is 0 Å². The molecule has 0 saturated heterocycles. The van der Waals surface area contributed by atoms with E-state index in [9.17, 15) is 13.6 Å². The van der Waals surface area contributed by atoms with Crippen LogP contribution in [0.4, 0.5) is 26.0 Å². The van der Waals surface area contributed by atoms with Gasteiger partial charge in [0, 0.05) is 23.3 Å². The Hall–Kier alpha value is -3.52. The van der Waals surface area contributed by atoms with Gasteiger partial charge in [0.15, 0.2) is 11.6 Å². The van der Waals surface area contributed by atoms with Gasteiger partial charge < -0.3 is 22.1 Å². The average Bonchev–Trinajstić information content (AvgIpc) is 2.77. The highest BCUT2D eigenvalue weighted by Gasteiger charge is 2.22. The highest BCUT2D eigenvalue weighted by Crippen LogP contribution is 2.28. The zero-order valence-corrected chi connectivity index (χ0v) is 17.4. The number of benzene rings is 2. The Balaban J connectivity index is 1.61. The third-order valence-electron chi connectivity index (χ3n) is 5.68. The summed E-state index contributed by atoms with van der Waals surface area (Å²) in [5.74, 6) is -2.01. The minimum atomic E-state index is -0.946. The summed E-state index contributed by atoms with van der Waals surface area (Å²) < 4.78 is 26.9. The molecule has 0 unspecified atom stereocenters. The lowest BCUT2D eigenvalue weighted by Crippen LogP contribution is -2.42. The lowest BCUT2D eigenvalue weighted by Gasteiger charge is -2.30. The number of aromatic nitrogens is 1. The maximum Gasteiger partial charge on any atom is 0.250 e. The molecule has 1 fully saturated rings. The van der Waals surface area contributed by atoms with Crippen LogP contribution in [0.2, 0.25) is 0 Å². The third kappa shape index (κ3) is 4.86. The topological polar surface area (TPSA) is 106 Å². The van der Waals surface area contributed by atoms with Gasteiger partial charge in [-0.25, -0.2) is 13.8 Å². The van der Waals surface area contributed by atoms with Crippen molar-refractivity contribution < 1.29 is 13.6 Å². The number of nitrogens with one attached hydrogen (secondary N) is 2. The summed E-state index contributed by atoms with van der Waals surface area (Å²) in [5.41, 5.74) is 14.3.